The maximum Gasteiger partial charge on any atom is 0.158 e. The van der Waals surface area contributed by atoms with Crippen molar-refractivity contribution in [2.75, 3.05) is 19.8 Å². The lowest BCUT2D eigenvalue weighted by molar-refractivity contribution is 0.107. The molecular weight excluding hydrogens is 496 g/mol. The first kappa shape index (κ1) is 20.9. The van der Waals surface area contributed by atoms with Gasteiger partial charge in [-0.2, -0.15) is 0 Å². The van der Waals surface area contributed by atoms with Crippen molar-refractivity contribution in [1.82, 2.24) is 0 Å². The minimum atomic E-state index is 0.186. The summed E-state index contributed by atoms with van der Waals surface area (Å²) in [5.41, 5.74) is 0.815. The Morgan fingerprint density at radius 1 is 1.13 bits per heavy atom. The molecule has 1 aromatic carbocycles. The van der Waals surface area contributed by atoms with E-state index >= 15 is 0 Å². The van der Waals surface area contributed by atoms with Crippen molar-refractivity contribution in [3.05, 3.63) is 30.6 Å². The summed E-state index contributed by atoms with van der Waals surface area (Å²) in [6.45, 7) is 4.44. The summed E-state index contributed by atoms with van der Waals surface area (Å²) in [5.74, 6) is 0.651. The van der Waals surface area contributed by atoms with Gasteiger partial charge in [-0.3, -0.25) is 0 Å². The van der Waals surface area contributed by atoms with Crippen LogP contribution in [0.25, 0.3) is 0 Å². The van der Waals surface area contributed by atoms with E-state index in [1.807, 2.05) is 13.8 Å². The molecule has 0 heterocycles. The summed E-state index contributed by atoms with van der Waals surface area (Å²) in [4.78, 5) is 5.03. The first-order valence-corrected chi connectivity index (χ1v) is 9.12. The van der Waals surface area contributed by atoms with Crippen LogP contribution in [0.15, 0.2) is 20.7 Å². The average molecular weight is 510 g/mol. The second kappa shape index (κ2) is 10.7. The van der Waals surface area contributed by atoms with Gasteiger partial charge >= 0.3 is 0 Å². The SMILES string of the molecule is CC(C)=NOCCOc1c(Cl)cc(OCC=C(Br)Br)c(Cl)c1Cl. The van der Waals surface area contributed by atoms with E-state index in [2.05, 4.69) is 37.0 Å². The van der Waals surface area contributed by atoms with Crippen LogP contribution in [0.4, 0.5) is 0 Å². The second-order valence-corrected chi connectivity index (χ2v) is 8.27. The first-order chi connectivity index (χ1) is 10.8. The monoisotopic (exact) mass is 507 g/mol. The Bertz CT molecular complexity index is 601. The highest BCUT2D eigenvalue weighted by molar-refractivity contribution is 9.28. The number of benzene rings is 1. The van der Waals surface area contributed by atoms with Gasteiger partial charge in [0.05, 0.1) is 14.1 Å². The second-order valence-electron chi connectivity index (χ2n) is 4.34. The van der Waals surface area contributed by atoms with Crippen LogP contribution in [0.5, 0.6) is 11.5 Å². The molecule has 0 saturated heterocycles. The normalized spacial score (nSPS) is 10.0. The number of halogens is 5. The molecule has 0 aliphatic carbocycles. The van der Waals surface area contributed by atoms with Crippen LogP contribution < -0.4 is 9.47 Å². The maximum absolute atomic E-state index is 6.18. The van der Waals surface area contributed by atoms with Crippen molar-refractivity contribution < 1.29 is 14.3 Å². The summed E-state index contributed by atoms with van der Waals surface area (Å²) in [6, 6.07) is 1.55. The predicted octanol–water partition coefficient (Wildman–Crippen LogP) is 6.45. The number of hydrogen-bond acceptors (Lipinski definition) is 4. The van der Waals surface area contributed by atoms with Gasteiger partial charge in [0.25, 0.3) is 0 Å². The molecular formula is C14H14Br2Cl3NO3. The van der Waals surface area contributed by atoms with Crippen molar-refractivity contribution in [2.24, 2.45) is 5.16 Å². The Kier molecular flexibility index (Phi) is 9.70. The number of rotatable bonds is 8. The molecule has 0 bridgehead atoms. The van der Waals surface area contributed by atoms with Crippen LogP contribution in [-0.4, -0.2) is 25.5 Å². The van der Waals surface area contributed by atoms with E-state index in [1.165, 1.54) is 0 Å². The smallest absolute Gasteiger partial charge is 0.158 e. The van der Waals surface area contributed by atoms with Crippen molar-refractivity contribution in [3.63, 3.8) is 0 Å². The molecule has 0 N–H and O–H groups in total. The minimum absolute atomic E-state index is 0.186. The Morgan fingerprint density at radius 2 is 1.83 bits per heavy atom. The fraction of sp³-hybridized carbons (Fsp3) is 0.357. The Balaban J connectivity index is 2.73. The molecule has 4 nitrogen and oxygen atoms in total. The third-order valence-corrected chi connectivity index (χ3v) is 3.99. The largest absolute Gasteiger partial charge is 0.488 e. The van der Waals surface area contributed by atoms with Gasteiger partial charge in [-0.15, -0.1) is 0 Å². The van der Waals surface area contributed by atoms with E-state index in [9.17, 15) is 0 Å². The minimum Gasteiger partial charge on any atom is -0.488 e. The third-order valence-electron chi connectivity index (χ3n) is 2.23. The summed E-state index contributed by atoms with van der Waals surface area (Å²) >= 11 is 25.0. The van der Waals surface area contributed by atoms with E-state index in [-0.39, 0.29) is 29.0 Å². The summed E-state index contributed by atoms with van der Waals surface area (Å²) in [6.07, 6.45) is 1.76. The number of ether oxygens (including phenoxy) is 2. The topological polar surface area (TPSA) is 40.0 Å². The third kappa shape index (κ3) is 7.52. The van der Waals surface area contributed by atoms with Gasteiger partial charge in [-0.1, -0.05) is 40.0 Å². The molecule has 1 aromatic rings. The van der Waals surface area contributed by atoms with Crippen LogP contribution in [0.1, 0.15) is 13.8 Å². The van der Waals surface area contributed by atoms with Gasteiger partial charge in [0.2, 0.25) is 0 Å². The summed E-state index contributed by atoms with van der Waals surface area (Å²) in [7, 11) is 0. The van der Waals surface area contributed by atoms with Crippen LogP contribution in [-0.2, 0) is 4.84 Å². The van der Waals surface area contributed by atoms with Crippen molar-refractivity contribution in [3.8, 4) is 11.5 Å². The number of hydrogen-bond donors (Lipinski definition) is 0. The van der Waals surface area contributed by atoms with Crippen molar-refractivity contribution in [1.29, 1.82) is 0 Å². The van der Waals surface area contributed by atoms with Crippen molar-refractivity contribution >= 4 is 72.4 Å². The molecule has 0 aliphatic rings. The highest BCUT2D eigenvalue weighted by atomic mass is 79.9. The Hall–Kier alpha value is -0.140. The summed E-state index contributed by atoms with van der Waals surface area (Å²) in [5, 5.41) is 4.51. The summed E-state index contributed by atoms with van der Waals surface area (Å²) < 4.78 is 11.8. The van der Waals surface area contributed by atoms with Crippen molar-refractivity contribution in [2.45, 2.75) is 13.8 Å². The van der Waals surface area contributed by atoms with Gasteiger partial charge < -0.3 is 14.3 Å². The predicted molar refractivity (Wildman–Crippen MR) is 103 cm³/mol. The van der Waals surface area contributed by atoms with Gasteiger partial charge in [-0.25, -0.2) is 0 Å². The fourth-order valence-electron chi connectivity index (χ4n) is 1.34. The average Bonchev–Trinajstić information content (AvgIpc) is 2.46. The Labute approximate surface area is 166 Å². The molecule has 0 unspecified atom stereocenters. The molecule has 0 fully saturated rings. The molecule has 0 radical (unpaired) electrons. The molecule has 1 rings (SSSR count). The van der Waals surface area contributed by atoms with Gasteiger partial charge in [-0.05, 0) is 51.8 Å². The van der Waals surface area contributed by atoms with E-state index in [4.69, 9.17) is 49.1 Å². The standard InChI is InChI=1S/C14H14Br2Cl3NO3/c1-8(2)20-23-6-5-22-14-9(17)7-10(12(18)13(14)19)21-4-3-11(15)16/h3,7H,4-6H2,1-2H3. The molecule has 23 heavy (non-hydrogen) atoms. The van der Waals surface area contributed by atoms with E-state index in [0.29, 0.717) is 17.4 Å². The van der Waals surface area contributed by atoms with Gasteiger partial charge in [0.1, 0.15) is 29.0 Å². The van der Waals surface area contributed by atoms with Gasteiger partial charge in [0, 0.05) is 6.07 Å². The van der Waals surface area contributed by atoms with E-state index in [0.717, 1.165) is 9.10 Å². The zero-order valence-electron chi connectivity index (χ0n) is 12.3. The molecule has 0 aromatic heterocycles. The molecule has 0 aliphatic heterocycles. The first-order valence-electron chi connectivity index (χ1n) is 6.40. The lowest BCUT2D eigenvalue weighted by Crippen LogP contribution is -2.06. The fourth-order valence-corrected chi connectivity index (χ4v) is 2.35. The zero-order chi connectivity index (χ0) is 17.4. The van der Waals surface area contributed by atoms with Crippen LogP contribution in [0, 0.1) is 0 Å². The number of oxime groups is 1. The molecule has 0 amide bonds. The lowest BCUT2D eigenvalue weighted by Gasteiger charge is -2.14. The number of nitrogens with zero attached hydrogens (tertiary/aromatic N) is 1. The molecule has 0 spiro atoms. The van der Waals surface area contributed by atoms with Crippen LogP contribution in [0.3, 0.4) is 0 Å². The lowest BCUT2D eigenvalue weighted by atomic mass is 10.3. The van der Waals surface area contributed by atoms with Crippen LogP contribution in [0.2, 0.25) is 15.1 Å². The molecule has 128 valence electrons. The highest BCUT2D eigenvalue weighted by Gasteiger charge is 2.17. The van der Waals surface area contributed by atoms with E-state index in [1.54, 1.807) is 12.1 Å². The molecule has 0 atom stereocenters. The zero-order valence-corrected chi connectivity index (χ0v) is 17.8. The maximum atomic E-state index is 6.18. The molecule has 9 heteroatoms. The van der Waals surface area contributed by atoms with Gasteiger partial charge in [0.15, 0.2) is 12.4 Å². The highest BCUT2D eigenvalue weighted by Crippen LogP contribution is 2.44. The quantitative estimate of drug-likeness (QED) is 0.175. The molecule has 0 saturated carbocycles. The Morgan fingerprint density at radius 3 is 2.43 bits per heavy atom. The van der Waals surface area contributed by atoms with E-state index < -0.39 is 0 Å². The van der Waals surface area contributed by atoms with Crippen LogP contribution >= 0.6 is 66.7 Å².